The molecule has 0 aliphatic rings. The Balaban J connectivity index is 2.12. The first-order valence-electron chi connectivity index (χ1n) is 6.27. The van der Waals surface area contributed by atoms with Gasteiger partial charge in [-0.15, -0.1) is 0 Å². The maximum Gasteiger partial charge on any atom is 0.105 e. The maximum absolute atomic E-state index is 10.6. The third-order valence-electron chi connectivity index (χ3n) is 3.38. The van der Waals surface area contributed by atoms with Gasteiger partial charge in [-0.05, 0) is 34.0 Å². The number of aliphatic hydroxyl groups excluding tert-OH is 1. The molecular formula is C17H12Cl2O. The fourth-order valence-corrected chi connectivity index (χ4v) is 2.66. The van der Waals surface area contributed by atoms with Crippen LogP contribution in [0.1, 0.15) is 17.2 Å². The summed E-state index contributed by atoms with van der Waals surface area (Å²) in [7, 11) is 0. The van der Waals surface area contributed by atoms with Gasteiger partial charge in [0, 0.05) is 0 Å². The molecule has 0 saturated heterocycles. The Bertz CT molecular complexity index is 763. The van der Waals surface area contributed by atoms with E-state index in [1.807, 2.05) is 42.5 Å². The van der Waals surface area contributed by atoms with Crippen molar-refractivity contribution in [1.29, 1.82) is 0 Å². The Labute approximate surface area is 127 Å². The zero-order valence-corrected chi connectivity index (χ0v) is 12.1. The number of rotatable bonds is 2. The van der Waals surface area contributed by atoms with E-state index in [0.717, 1.165) is 21.9 Å². The standard InChI is InChI=1S/C17H12Cl2O/c18-15-9-8-12(10-16(15)19)17(20)14-7-3-5-11-4-1-2-6-13(11)14/h1-10,17,20H/t17-/m0/s1. The van der Waals surface area contributed by atoms with Gasteiger partial charge in [-0.1, -0.05) is 71.7 Å². The van der Waals surface area contributed by atoms with Gasteiger partial charge < -0.3 is 5.11 Å². The highest BCUT2D eigenvalue weighted by Gasteiger charge is 2.14. The monoisotopic (exact) mass is 302 g/mol. The van der Waals surface area contributed by atoms with Gasteiger partial charge >= 0.3 is 0 Å². The van der Waals surface area contributed by atoms with E-state index in [4.69, 9.17) is 23.2 Å². The lowest BCUT2D eigenvalue weighted by atomic mass is 9.96. The summed E-state index contributed by atoms with van der Waals surface area (Å²) in [4.78, 5) is 0. The molecule has 0 aromatic heterocycles. The summed E-state index contributed by atoms with van der Waals surface area (Å²) in [6.07, 6.45) is -0.726. The molecule has 0 heterocycles. The summed E-state index contributed by atoms with van der Waals surface area (Å²) < 4.78 is 0. The van der Waals surface area contributed by atoms with E-state index in [1.54, 1.807) is 18.2 Å². The first kappa shape index (κ1) is 13.4. The fraction of sp³-hybridized carbons (Fsp3) is 0.0588. The number of benzene rings is 3. The molecule has 0 saturated carbocycles. The quantitative estimate of drug-likeness (QED) is 0.687. The molecule has 3 aromatic carbocycles. The van der Waals surface area contributed by atoms with Crippen LogP contribution in [0, 0.1) is 0 Å². The molecule has 0 bridgehead atoms. The van der Waals surface area contributed by atoms with Gasteiger partial charge in [0.25, 0.3) is 0 Å². The molecule has 1 atom stereocenters. The minimum atomic E-state index is -0.726. The number of fused-ring (bicyclic) bond motifs is 1. The topological polar surface area (TPSA) is 20.2 Å². The predicted octanol–water partition coefficient (Wildman–Crippen LogP) is 5.23. The number of halogens is 2. The number of aliphatic hydroxyl groups is 1. The molecule has 3 heteroatoms. The molecule has 1 nitrogen and oxygen atoms in total. The van der Waals surface area contributed by atoms with Gasteiger partial charge in [0.1, 0.15) is 6.10 Å². The second-order valence-electron chi connectivity index (χ2n) is 4.64. The van der Waals surface area contributed by atoms with E-state index in [-0.39, 0.29) is 0 Å². The van der Waals surface area contributed by atoms with Crippen LogP contribution in [0.25, 0.3) is 10.8 Å². The van der Waals surface area contributed by atoms with Crippen LogP contribution in [0.4, 0.5) is 0 Å². The summed E-state index contributed by atoms with van der Waals surface area (Å²) in [6.45, 7) is 0. The Kier molecular flexibility index (Phi) is 3.66. The molecule has 0 spiro atoms. The van der Waals surface area contributed by atoms with Crippen molar-refractivity contribution in [2.24, 2.45) is 0 Å². The SMILES string of the molecule is O[C@@H](c1ccc(Cl)c(Cl)c1)c1cccc2ccccc12. The highest BCUT2D eigenvalue weighted by atomic mass is 35.5. The molecule has 0 aliphatic carbocycles. The smallest absolute Gasteiger partial charge is 0.105 e. The Hall–Kier alpha value is -1.54. The van der Waals surface area contributed by atoms with Gasteiger partial charge in [-0.25, -0.2) is 0 Å². The molecule has 0 aliphatic heterocycles. The van der Waals surface area contributed by atoms with Crippen molar-refractivity contribution >= 4 is 34.0 Å². The van der Waals surface area contributed by atoms with Gasteiger partial charge in [0.15, 0.2) is 0 Å². The van der Waals surface area contributed by atoms with Crippen molar-refractivity contribution in [3.63, 3.8) is 0 Å². The summed E-state index contributed by atoms with van der Waals surface area (Å²) in [5, 5.41) is 13.7. The van der Waals surface area contributed by atoms with Crippen molar-refractivity contribution in [2.45, 2.75) is 6.10 Å². The molecule has 20 heavy (non-hydrogen) atoms. The van der Waals surface area contributed by atoms with Crippen LogP contribution in [0.5, 0.6) is 0 Å². The molecule has 3 aromatic rings. The highest BCUT2D eigenvalue weighted by molar-refractivity contribution is 6.42. The zero-order chi connectivity index (χ0) is 14.1. The number of hydrogen-bond acceptors (Lipinski definition) is 1. The first-order valence-corrected chi connectivity index (χ1v) is 7.03. The van der Waals surface area contributed by atoms with E-state index in [0.29, 0.717) is 10.0 Å². The summed E-state index contributed by atoms with van der Waals surface area (Å²) in [6, 6.07) is 19.1. The van der Waals surface area contributed by atoms with Crippen LogP contribution in [0.2, 0.25) is 10.0 Å². The van der Waals surface area contributed by atoms with E-state index in [1.165, 1.54) is 0 Å². The third kappa shape index (κ3) is 2.40. The molecule has 0 unspecified atom stereocenters. The normalized spacial score (nSPS) is 12.6. The van der Waals surface area contributed by atoms with Gasteiger partial charge in [-0.3, -0.25) is 0 Å². The van der Waals surface area contributed by atoms with E-state index < -0.39 is 6.10 Å². The second kappa shape index (κ2) is 5.45. The van der Waals surface area contributed by atoms with Crippen LogP contribution in [0.15, 0.2) is 60.7 Å². The largest absolute Gasteiger partial charge is 0.384 e. The van der Waals surface area contributed by atoms with Crippen molar-refractivity contribution in [2.75, 3.05) is 0 Å². The lowest BCUT2D eigenvalue weighted by Crippen LogP contribution is -2.00. The van der Waals surface area contributed by atoms with Crippen LogP contribution in [-0.4, -0.2) is 5.11 Å². The lowest BCUT2D eigenvalue weighted by Gasteiger charge is -2.15. The molecule has 0 fully saturated rings. The third-order valence-corrected chi connectivity index (χ3v) is 4.12. The van der Waals surface area contributed by atoms with Crippen LogP contribution in [-0.2, 0) is 0 Å². The average Bonchev–Trinajstić information content (AvgIpc) is 2.49. The highest BCUT2D eigenvalue weighted by Crippen LogP contribution is 2.32. The van der Waals surface area contributed by atoms with Crippen molar-refractivity contribution in [3.8, 4) is 0 Å². The van der Waals surface area contributed by atoms with Gasteiger partial charge in [-0.2, -0.15) is 0 Å². The lowest BCUT2D eigenvalue weighted by molar-refractivity contribution is 0.222. The van der Waals surface area contributed by atoms with E-state index >= 15 is 0 Å². The molecule has 1 N–H and O–H groups in total. The summed E-state index contributed by atoms with van der Waals surface area (Å²) in [5.41, 5.74) is 1.59. The minimum Gasteiger partial charge on any atom is -0.384 e. The molecular weight excluding hydrogens is 291 g/mol. The Morgan fingerprint density at radius 1 is 0.800 bits per heavy atom. The number of hydrogen-bond donors (Lipinski definition) is 1. The molecule has 3 rings (SSSR count). The summed E-state index contributed by atoms with van der Waals surface area (Å²) >= 11 is 11.9. The van der Waals surface area contributed by atoms with Crippen LogP contribution < -0.4 is 0 Å². The van der Waals surface area contributed by atoms with Crippen molar-refractivity contribution < 1.29 is 5.11 Å². The predicted molar refractivity (Wildman–Crippen MR) is 84.5 cm³/mol. The molecule has 100 valence electrons. The minimum absolute atomic E-state index is 0.448. The Morgan fingerprint density at radius 3 is 2.35 bits per heavy atom. The zero-order valence-electron chi connectivity index (χ0n) is 10.6. The molecule has 0 radical (unpaired) electrons. The van der Waals surface area contributed by atoms with Gasteiger partial charge in [0.05, 0.1) is 10.0 Å². The van der Waals surface area contributed by atoms with Crippen LogP contribution >= 0.6 is 23.2 Å². The fourth-order valence-electron chi connectivity index (χ4n) is 2.35. The molecule has 0 amide bonds. The van der Waals surface area contributed by atoms with Crippen LogP contribution in [0.3, 0.4) is 0 Å². The average molecular weight is 303 g/mol. The van der Waals surface area contributed by atoms with E-state index in [9.17, 15) is 5.11 Å². The van der Waals surface area contributed by atoms with Crippen molar-refractivity contribution in [1.82, 2.24) is 0 Å². The van der Waals surface area contributed by atoms with Crippen molar-refractivity contribution in [3.05, 3.63) is 81.8 Å². The Morgan fingerprint density at radius 2 is 1.55 bits per heavy atom. The van der Waals surface area contributed by atoms with Gasteiger partial charge in [0.2, 0.25) is 0 Å². The maximum atomic E-state index is 10.6. The second-order valence-corrected chi connectivity index (χ2v) is 5.46. The summed E-state index contributed by atoms with van der Waals surface area (Å²) in [5.74, 6) is 0. The first-order chi connectivity index (χ1) is 9.66. The van der Waals surface area contributed by atoms with E-state index in [2.05, 4.69) is 0 Å².